The van der Waals surface area contributed by atoms with Gasteiger partial charge in [-0.3, -0.25) is 0 Å². The maximum Gasteiger partial charge on any atom is 0.209 e. The van der Waals surface area contributed by atoms with Crippen molar-refractivity contribution in [1.29, 1.82) is 0 Å². The van der Waals surface area contributed by atoms with Gasteiger partial charge in [-0.2, -0.15) is 4.58 Å². The third-order valence-electron chi connectivity index (χ3n) is 4.79. The second-order valence-electron chi connectivity index (χ2n) is 6.56. The van der Waals surface area contributed by atoms with Gasteiger partial charge in [0.05, 0.1) is 19.6 Å². The standard InChI is InChI=1S/C21H24NO2.HI/c1-21(2)18-14-17(24-5)11-12-19(18)22(3)20(21)13-8-15-6-9-16(23-4)10-7-15;/h6-14H,1-5H3;1H/q+1;/p-1/b13-8+;. The molecule has 3 rings (SSSR count). The minimum Gasteiger partial charge on any atom is -1.00 e. The molecule has 1 aliphatic rings. The largest absolute Gasteiger partial charge is 1.00 e. The van der Waals surface area contributed by atoms with Crippen molar-refractivity contribution >= 4 is 17.5 Å². The Labute approximate surface area is 167 Å². The summed E-state index contributed by atoms with van der Waals surface area (Å²) in [5, 5.41) is 0. The van der Waals surface area contributed by atoms with Crippen LogP contribution in [-0.4, -0.2) is 31.6 Å². The molecule has 0 spiro atoms. The molecule has 25 heavy (non-hydrogen) atoms. The number of allylic oxidation sites excluding steroid dienone is 1. The Balaban J connectivity index is 0.00000225. The minimum absolute atomic E-state index is 0. The third-order valence-corrected chi connectivity index (χ3v) is 4.79. The van der Waals surface area contributed by atoms with E-state index in [1.54, 1.807) is 14.2 Å². The molecule has 0 saturated carbocycles. The van der Waals surface area contributed by atoms with Crippen LogP contribution in [0.3, 0.4) is 0 Å². The van der Waals surface area contributed by atoms with Gasteiger partial charge in [0.25, 0.3) is 0 Å². The first-order valence-corrected chi connectivity index (χ1v) is 8.09. The van der Waals surface area contributed by atoms with Crippen LogP contribution in [0.5, 0.6) is 11.5 Å². The molecule has 0 saturated heterocycles. The molecule has 4 heteroatoms. The summed E-state index contributed by atoms with van der Waals surface area (Å²) in [6.45, 7) is 4.50. The third kappa shape index (κ3) is 3.59. The SMILES string of the molecule is COc1ccc(/C=C/C2=[N+](C)c3ccc(OC)cc3C2(C)C)cc1.[I-]. The highest BCUT2D eigenvalue weighted by Gasteiger charge is 2.43. The number of hydrogen-bond acceptors (Lipinski definition) is 2. The van der Waals surface area contributed by atoms with Crippen LogP contribution in [0.15, 0.2) is 48.5 Å². The topological polar surface area (TPSA) is 21.5 Å². The number of ether oxygens (including phenoxy) is 2. The summed E-state index contributed by atoms with van der Waals surface area (Å²) in [6, 6.07) is 14.4. The predicted octanol–water partition coefficient (Wildman–Crippen LogP) is 1.43. The minimum atomic E-state index is -0.0679. The zero-order valence-corrected chi connectivity index (χ0v) is 17.5. The maximum atomic E-state index is 5.40. The summed E-state index contributed by atoms with van der Waals surface area (Å²) in [4.78, 5) is 0. The number of benzene rings is 2. The lowest BCUT2D eigenvalue weighted by Gasteiger charge is -2.16. The Morgan fingerprint density at radius 2 is 1.48 bits per heavy atom. The quantitative estimate of drug-likeness (QED) is 0.521. The first kappa shape index (κ1) is 19.5. The number of rotatable bonds is 4. The molecule has 0 amide bonds. The van der Waals surface area contributed by atoms with Crippen LogP contribution in [0.1, 0.15) is 25.0 Å². The maximum absolute atomic E-state index is 5.40. The van der Waals surface area contributed by atoms with Gasteiger partial charge in [-0.1, -0.05) is 12.1 Å². The summed E-state index contributed by atoms with van der Waals surface area (Å²) >= 11 is 0. The fraction of sp³-hybridized carbons (Fsp3) is 0.286. The molecule has 132 valence electrons. The smallest absolute Gasteiger partial charge is 0.209 e. The molecule has 0 radical (unpaired) electrons. The number of nitrogens with zero attached hydrogens (tertiary/aromatic N) is 1. The number of fused-ring (bicyclic) bond motifs is 1. The van der Waals surface area contributed by atoms with Gasteiger partial charge in [0.15, 0.2) is 5.71 Å². The van der Waals surface area contributed by atoms with Crippen molar-refractivity contribution in [2.24, 2.45) is 0 Å². The fourth-order valence-electron chi connectivity index (χ4n) is 3.33. The summed E-state index contributed by atoms with van der Waals surface area (Å²) in [5.41, 5.74) is 4.87. The summed E-state index contributed by atoms with van der Waals surface area (Å²) in [7, 11) is 5.51. The first-order valence-electron chi connectivity index (χ1n) is 8.09. The molecule has 1 aliphatic heterocycles. The molecule has 0 unspecified atom stereocenters. The van der Waals surface area contributed by atoms with E-state index in [1.165, 1.54) is 17.0 Å². The van der Waals surface area contributed by atoms with Crippen LogP contribution in [0.2, 0.25) is 0 Å². The highest BCUT2D eigenvalue weighted by atomic mass is 127. The van der Waals surface area contributed by atoms with E-state index in [0.717, 1.165) is 17.1 Å². The van der Waals surface area contributed by atoms with E-state index in [1.807, 2.05) is 18.2 Å². The van der Waals surface area contributed by atoms with E-state index in [-0.39, 0.29) is 29.4 Å². The van der Waals surface area contributed by atoms with E-state index in [2.05, 4.69) is 61.9 Å². The zero-order valence-electron chi connectivity index (χ0n) is 15.3. The van der Waals surface area contributed by atoms with E-state index in [9.17, 15) is 0 Å². The normalized spacial score (nSPS) is 15.1. The second-order valence-corrected chi connectivity index (χ2v) is 6.56. The van der Waals surface area contributed by atoms with Crippen LogP contribution >= 0.6 is 0 Å². The molecule has 2 aromatic carbocycles. The van der Waals surface area contributed by atoms with Crippen LogP contribution in [-0.2, 0) is 5.41 Å². The van der Waals surface area contributed by atoms with Crippen LogP contribution in [0.25, 0.3) is 6.08 Å². The number of halogens is 1. The second kappa shape index (κ2) is 7.60. The lowest BCUT2D eigenvalue weighted by Crippen LogP contribution is -3.00. The van der Waals surface area contributed by atoms with E-state index in [0.29, 0.717) is 0 Å². The Bertz CT molecular complexity index is 820. The average Bonchev–Trinajstić information content (AvgIpc) is 2.79. The molecule has 3 nitrogen and oxygen atoms in total. The van der Waals surface area contributed by atoms with Crippen LogP contribution in [0.4, 0.5) is 5.69 Å². The van der Waals surface area contributed by atoms with Gasteiger partial charge in [-0.05, 0) is 49.8 Å². The highest BCUT2D eigenvalue weighted by Crippen LogP contribution is 2.41. The van der Waals surface area contributed by atoms with Gasteiger partial charge in [0.1, 0.15) is 18.5 Å². The summed E-state index contributed by atoms with van der Waals surface area (Å²) < 4.78 is 12.9. The monoisotopic (exact) mass is 449 g/mol. The van der Waals surface area contributed by atoms with Crippen molar-refractivity contribution in [1.82, 2.24) is 0 Å². The van der Waals surface area contributed by atoms with Gasteiger partial charge in [0.2, 0.25) is 5.69 Å². The van der Waals surface area contributed by atoms with E-state index in [4.69, 9.17) is 9.47 Å². The predicted molar refractivity (Wildman–Crippen MR) is 98.9 cm³/mol. The Kier molecular flexibility index (Phi) is 5.93. The fourth-order valence-corrected chi connectivity index (χ4v) is 3.33. The summed E-state index contributed by atoms with van der Waals surface area (Å²) in [5.74, 6) is 1.77. The van der Waals surface area contributed by atoms with Crippen molar-refractivity contribution < 1.29 is 38.0 Å². The zero-order chi connectivity index (χ0) is 17.3. The summed E-state index contributed by atoms with van der Waals surface area (Å²) in [6.07, 6.45) is 4.35. The lowest BCUT2D eigenvalue weighted by atomic mass is 9.81. The molecule has 0 aliphatic carbocycles. The van der Waals surface area contributed by atoms with Crippen LogP contribution < -0.4 is 33.5 Å². The van der Waals surface area contributed by atoms with Crippen molar-refractivity contribution in [3.63, 3.8) is 0 Å². The molecule has 0 fully saturated rings. The average molecular weight is 449 g/mol. The van der Waals surface area contributed by atoms with Gasteiger partial charge >= 0.3 is 0 Å². The van der Waals surface area contributed by atoms with Crippen molar-refractivity contribution in [2.75, 3.05) is 21.3 Å². The van der Waals surface area contributed by atoms with Gasteiger partial charge in [0, 0.05) is 17.7 Å². The molecule has 0 N–H and O–H groups in total. The molecular weight excluding hydrogens is 425 g/mol. The van der Waals surface area contributed by atoms with Gasteiger partial charge in [-0.15, -0.1) is 0 Å². The van der Waals surface area contributed by atoms with Crippen molar-refractivity contribution in [3.05, 3.63) is 59.7 Å². The van der Waals surface area contributed by atoms with E-state index < -0.39 is 0 Å². The molecule has 1 heterocycles. The molecular formula is C21H24INO2. The highest BCUT2D eigenvalue weighted by molar-refractivity contribution is 6.05. The number of methoxy groups -OCH3 is 2. The Morgan fingerprint density at radius 3 is 2.08 bits per heavy atom. The van der Waals surface area contributed by atoms with Gasteiger partial charge in [-0.25, -0.2) is 0 Å². The number of hydrogen-bond donors (Lipinski definition) is 0. The molecule has 0 bridgehead atoms. The van der Waals surface area contributed by atoms with Crippen molar-refractivity contribution in [2.45, 2.75) is 19.3 Å². The Hall–Kier alpha value is -1.82. The van der Waals surface area contributed by atoms with E-state index >= 15 is 0 Å². The first-order chi connectivity index (χ1) is 11.5. The molecule has 0 atom stereocenters. The molecule has 2 aromatic rings. The van der Waals surface area contributed by atoms with Crippen molar-refractivity contribution in [3.8, 4) is 11.5 Å². The van der Waals surface area contributed by atoms with Gasteiger partial charge < -0.3 is 33.5 Å². The van der Waals surface area contributed by atoms with Crippen LogP contribution in [0, 0.1) is 0 Å². The Morgan fingerprint density at radius 1 is 0.880 bits per heavy atom. The molecule has 0 aromatic heterocycles. The lowest BCUT2D eigenvalue weighted by molar-refractivity contribution is -0.401.